The molecule has 1 aromatic carbocycles. The van der Waals surface area contributed by atoms with Crippen LogP contribution in [-0.2, 0) is 11.2 Å². The summed E-state index contributed by atoms with van der Waals surface area (Å²) in [5.74, 6) is 0.868. The normalized spacial score (nSPS) is 10.6. The number of nitrogens with one attached hydrogen (secondary N) is 2. The number of hydrogen-bond acceptors (Lipinski definition) is 4. The molecule has 2 heterocycles. The molecular weight excluding hydrogens is 351 g/mol. The highest BCUT2D eigenvalue weighted by Gasteiger charge is 2.15. The highest BCUT2D eigenvalue weighted by Crippen LogP contribution is 2.25. The summed E-state index contributed by atoms with van der Waals surface area (Å²) in [6, 6.07) is 11.3. The average molecular weight is 370 g/mol. The molecule has 0 radical (unpaired) electrons. The molecule has 0 aliphatic rings. The van der Waals surface area contributed by atoms with Crippen molar-refractivity contribution < 1.29 is 22.8 Å². The van der Waals surface area contributed by atoms with Gasteiger partial charge in [-0.15, -0.1) is 0 Å². The second kappa shape index (κ2) is 7.90. The number of carbonyl (C=O) groups is 2. The van der Waals surface area contributed by atoms with E-state index < -0.39 is 5.91 Å². The smallest absolute Gasteiger partial charge is 0.273 e. The highest BCUT2D eigenvalue weighted by molar-refractivity contribution is 5.96. The monoisotopic (exact) mass is 370 g/mol. The van der Waals surface area contributed by atoms with Crippen LogP contribution in [0.3, 0.4) is 0 Å². The lowest BCUT2D eigenvalue weighted by atomic mass is 10.1. The summed E-state index contributed by atoms with van der Waals surface area (Å²) in [7, 11) is 0. The second-order valence-electron chi connectivity index (χ2n) is 6.08. The number of hydrazine groups is 1. The van der Waals surface area contributed by atoms with Gasteiger partial charge in [-0.3, -0.25) is 20.4 Å². The van der Waals surface area contributed by atoms with Crippen LogP contribution < -0.4 is 10.9 Å². The zero-order valence-electron chi connectivity index (χ0n) is 15.0. The molecule has 0 bridgehead atoms. The van der Waals surface area contributed by atoms with Crippen LogP contribution in [0.25, 0.3) is 11.3 Å². The number of rotatable bonds is 5. The van der Waals surface area contributed by atoms with Gasteiger partial charge in [0, 0.05) is 12.8 Å². The lowest BCUT2D eigenvalue weighted by Crippen LogP contribution is -2.41. The largest absolute Gasteiger partial charge is 0.466 e. The maximum absolute atomic E-state index is 13.8. The molecule has 0 saturated heterocycles. The summed E-state index contributed by atoms with van der Waals surface area (Å²) < 4.78 is 24.7. The Morgan fingerprint density at radius 3 is 2.52 bits per heavy atom. The molecule has 140 valence electrons. The first-order chi connectivity index (χ1) is 12.9. The summed E-state index contributed by atoms with van der Waals surface area (Å²) >= 11 is 0. The van der Waals surface area contributed by atoms with E-state index in [4.69, 9.17) is 8.83 Å². The minimum atomic E-state index is -0.447. The van der Waals surface area contributed by atoms with Crippen LogP contribution in [0.4, 0.5) is 4.39 Å². The fraction of sp³-hybridized carbons (Fsp3) is 0.200. The molecule has 3 aromatic rings. The first-order valence-corrected chi connectivity index (χ1v) is 8.44. The van der Waals surface area contributed by atoms with Crippen molar-refractivity contribution in [3.05, 3.63) is 71.1 Å². The van der Waals surface area contributed by atoms with Gasteiger partial charge < -0.3 is 8.83 Å². The first-order valence-electron chi connectivity index (χ1n) is 8.44. The maximum atomic E-state index is 13.8. The molecule has 7 heteroatoms. The number of furan rings is 2. The van der Waals surface area contributed by atoms with E-state index in [0.717, 1.165) is 0 Å². The van der Waals surface area contributed by atoms with Gasteiger partial charge in [0.2, 0.25) is 5.91 Å². The number of halogens is 1. The molecule has 3 rings (SSSR count). The Bertz CT molecular complexity index is 974. The SMILES string of the molecule is Cc1cc(C(=O)NNC(=O)CCc2ccc(-c3ccccc3F)o2)c(C)o1. The summed E-state index contributed by atoms with van der Waals surface area (Å²) in [4.78, 5) is 23.9. The Kier molecular flexibility index (Phi) is 5.40. The van der Waals surface area contributed by atoms with E-state index >= 15 is 0 Å². The standard InChI is InChI=1S/C20H19FN2O4/c1-12-11-16(13(2)26-12)20(25)23-22-19(24)10-8-14-7-9-18(27-14)15-5-3-4-6-17(15)21/h3-7,9,11H,8,10H2,1-2H3,(H,22,24)(H,23,25). The maximum Gasteiger partial charge on any atom is 0.273 e. The zero-order valence-corrected chi connectivity index (χ0v) is 15.0. The van der Waals surface area contributed by atoms with Crippen molar-refractivity contribution in [2.24, 2.45) is 0 Å². The summed E-state index contributed by atoms with van der Waals surface area (Å²) in [6.45, 7) is 3.41. The lowest BCUT2D eigenvalue weighted by Gasteiger charge is -2.06. The molecule has 2 N–H and O–H groups in total. The Morgan fingerprint density at radius 1 is 1.04 bits per heavy atom. The van der Waals surface area contributed by atoms with E-state index in [1.54, 1.807) is 50.2 Å². The third-order valence-corrected chi connectivity index (χ3v) is 4.00. The van der Waals surface area contributed by atoms with Crippen LogP contribution in [0.1, 0.15) is 34.1 Å². The van der Waals surface area contributed by atoms with E-state index in [-0.39, 0.29) is 18.1 Å². The second-order valence-corrected chi connectivity index (χ2v) is 6.08. The molecule has 0 unspecified atom stereocenters. The fourth-order valence-electron chi connectivity index (χ4n) is 2.67. The van der Waals surface area contributed by atoms with Crippen molar-refractivity contribution in [3.8, 4) is 11.3 Å². The van der Waals surface area contributed by atoms with E-state index in [0.29, 0.717) is 40.6 Å². The molecule has 2 aromatic heterocycles. The average Bonchev–Trinajstić information content (AvgIpc) is 3.24. The number of carbonyl (C=O) groups excluding carboxylic acids is 2. The third kappa shape index (κ3) is 4.44. The molecule has 0 atom stereocenters. The quantitative estimate of drug-likeness (QED) is 0.671. The minimum absolute atomic E-state index is 0.105. The van der Waals surface area contributed by atoms with E-state index in [2.05, 4.69) is 10.9 Å². The number of aryl methyl sites for hydroxylation is 3. The Morgan fingerprint density at radius 2 is 1.81 bits per heavy atom. The minimum Gasteiger partial charge on any atom is -0.466 e. The van der Waals surface area contributed by atoms with Gasteiger partial charge in [0.1, 0.15) is 28.9 Å². The van der Waals surface area contributed by atoms with Crippen molar-refractivity contribution in [1.29, 1.82) is 0 Å². The Hall–Kier alpha value is -3.35. The van der Waals surface area contributed by atoms with Gasteiger partial charge in [-0.25, -0.2) is 4.39 Å². The molecule has 2 amide bonds. The molecular formula is C20H19FN2O4. The van der Waals surface area contributed by atoms with Gasteiger partial charge in [-0.05, 0) is 44.2 Å². The van der Waals surface area contributed by atoms with E-state index in [9.17, 15) is 14.0 Å². The summed E-state index contributed by atoms with van der Waals surface area (Å²) in [5.41, 5.74) is 5.44. The van der Waals surface area contributed by atoms with Crippen molar-refractivity contribution in [2.45, 2.75) is 26.7 Å². The third-order valence-electron chi connectivity index (χ3n) is 4.00. The summed E-state index contributed by atoms with van der Waals surface area (Å²) in [6.07, 6.45) is 0.425. The van der Waals surface area contributed by atoms with Crippen LogP contribution in [0.5, 0.6) is 0 Å². The molecule has 6 nitrogen and oxygen atoms in total. The van der Waals surface area contributed by atoms with Gasteiger partial charge in [0.15, 0.2) is 0 Å². The van der Waals surface area contributed by atoms with Crippen molar-refractivity contribution >= 4 is 11.8 Å². The highest BCUT2D eigenvalue weighted by atomic mass is 19.1. The van der Waals surface area contributed by atoms with Gasteiger partial charge in [-0.2, -0.15) is 0 Å². The molecule has 0 aliphatic heterocycles. The van der Waals surface area contributed by atoms with Gasteiger partial charge in [-0.1, -0.05) is 12.1 Å². The van der Waals surface area contributed by atoms with E-state index in [1.165, 1.54) is 6.07 Å². The van der Waals surface area contributed by atoms with Crippen molar-refractivity contribution in [1.82, 2.24) is 10.9 Å². The van der Waals surface area contributed by atoms with Crippen molar-refractivity contribution in [3.63, 3.8) is 0 Å². The molecule has 0 saturated carbocycles. The summed E-state index contributed by atoms with van der Waals surface area (Å²) in [5, 5.41) is 0. The van der Waals surface area contributed by atoms with E-state index in [1.807, 2.05) is 0 Å². The predicted octanol–water partition coefficient (Wildman–Crippen LogP) is 3.69. The molecule has 0 aliphatic carbocycles. The van der Waals surface area contributed by atoms with Crippen LogP contribution in [0, 0.1) is 19.7 Å². The van der Waals surface area contributed by atoms with Crippen LogP contribution in [0.15, 0.2) is 51.3 Å². The Labute approximate surface area is 155 Å². The Balaban J connectivity index is 1.50. The molecule has 0 fully saturated rings. The van der Waals surface area contributed by atoms with Gasteiger partial charge in [0.05, 0.1) is 11.1 Å². The molecule has 0 spiro atoms. The van der Waals surface area contributed by atoms with Gasteiger partial charge in [0.25, 0.3) is 5.91 Å². The zero-order chi connectivity index (χ0) is 19.4. The fourth-order valence-corrected chi connectivity index (χ4v) is 2.67. The van der Waals surface area contributed by atoms with Gasteiger partial charge >= 0.3 is 0 Å². The number of benzene rings is 1. The predicted molar refractivity (Wildman–Crippen MR) is 96.2 cm³/mol. The first kappa shape index (κ1) is 18.4. The van der Waals surface area contributed by atoms with Crippen LogP contribution in [0.2, 0.25) is 0 Å². The molecule has 27 heavy (non-hydrogen) atoms. The number of amides is 2. The van der Waals surface area contributed by atoms with Crippen molar-refractivity contribution in [2.75, 3.05) is 0 Å². The lowest BCUT2D eigenvalue weighted by molar-refractivity contribution is -0.121. The number of hydrogen-bond donors (Lipinski definition) is 2. The topological polar surface area (TPSA) is 84.5 Å². The van der Waals surface area contributed by atoms with Crippen LogP contribution in [-0.4, -0.2) is 11.8 Å². The van der Waals surface area contributed by atoms with Crippen LogP contribution >= 0.6 is 0 Å².